The number of phenols is 1. The second kappa shape index (κ2) is 6.74. The summed E-state index contributed by atoms with van der Waals surface area (Å²) >= 11 is 0. The van der Waals surface area contributed by atoms with Crippen LogP contribution in [0.1, 0.15) is 27.0 Å². The lowest BCUT2D eigenvalue weighted by atomic mass is 9.97. The maximum Gasteiger partial charge on any atom is 0.337 e. The highest BCUT2D eigenvalue weighted by Gasteiger charge is 2.22. The van der Waals surface area contributed by atoms with E-state index in [0.717, 1.165) is 23.1 Å². The van der Waals surface area contributed by atoms with Gasteiger partial charge < -0.3 is 14.7 Å². The number of hydrogen-bond acceptors (Lipinski definition) is 4. The van der Waals surface area contributed by atoms with Gasteiger partial charge in [-0.05, 0) is 47.4 Å². The molecule has 0 saturated carbocycles. The minimum atomic E-state index is -0.374. The molecule has 3 rings (SSSR count). The van der Waals surface area contributed by atoms with Gasteiger partial charge in [0.25, 0.3) is 0 Å². The molecule has 124 valence electrons. The predicted molar refractivity (Wildman–Crippen MR) is 88.7 cm³/mol. The number of hydrogen-bond donors (Lipinski definition) is 1. The molecule has 24 heavy (non-hydrogen) atoms. The zero-order valence-corrected chi connectivity index (χ0v) is 13.5. The van der Waals surface area contributed by atoms with E-state index in [2.05, 4.69) is 0 Å². The first-order valence-corrected chi connectivity index (χ1v) is 7.82. The topological polar surface area (TPSA) is 66.8 Å². The van der Waals surface area contributed by atoms with E-state index in [9.17, 15) is 14.7 Å². The second-order valence-electron chi connectivity index (χ2n) is 5.89. The SMILES string of the molecule is COC(=O)c1ccc2c(c1)CN(C(=O)Cc1cccc(O)c1)CC2. The number of methoxy groups -OCH3 is 1. The Morgan fingerprint density at radius 1 is 1.17 bits per heavy atom. The third kappa shape index (κ3) is 3.40. The monoisotopic (exact) mass is 325 g/mol. The Morgan fingerprint density at radius 2 is 2.00 bits per heavy atom. The number of carbonyl (C=O) groups is 2. The summed E-state index contributed by atoms with van der Waals surface area (Å²) in [7, 11) is 1.35. The van der Waals surface area contributed by atoms with Gasteiger partial charge >= 0.3 is 5.97 Å². The van der Waals surface area contributed by atoms with Gasteiger partial charge in [-0.2, -0.15) is 0 Å². The number of ether oxygens (including phenoxy) is 1. The van der Waals surface area contributed by atoms with Crippen molar-refractivity contribution < 1.29 is 19.4 Å². The Kier molecular flexibility index (Phi) is 4.51. The summed E-state index contributed by atoms with van der Waals surface area (Å²) in [6.45, 7) is 1.14. The van der Waals surface area contributed by atoms with Gasteiger partial charge in [0.15, 0.2) is 0 Å². The molecule has 0 unspecified atom stereocenters. The van der Waals surface area contributed by atoms with E-state index < -0.39 is 0 Å². The van der Waals surface area contributed by atoms with Gasteiger partial charge in [0, 0.05) is 13.1 Å². The number of amides is 1. The highest BCUT2D eigenvalue weighted by atomic mass is 16.5. The average Bonchev–Trinajstić information content (AvgIpc) is 2.60. The van der Waals surface area contributed by atoms with E-state index >= 15 is 0 Å². The first-order valence-electron chi connectivity index (χ1n) is 7.82. The molecule has 2 aromatic carbocycles. The number of phenolic OH excluding ortho intramolecular Hbond substituents is 1. The van der Waals surface area contributed by atoms with Crippen LogP contribution in [-0.2, 0) is 28.9 Å². The molecule has 5 heteroatoms. The number of esters is 1. The number of carbonyl (C=O) groups excluding carboxylic acids is 2. The molecular weight excluding hydrogens is 306 g/mol. The standard InChI is InChI=1S/C19H19NO4/c1-24-19(23)15-6-5-14-7-8-20(12-16(14)11-15)18(22)10-13-3-2-4-17(21)9-13/h2-6,9,11,21H,7-8,10,12H2,1H3. The lowest BCUT2D eigenvalue weighted by molar-refractivity contribution is -0.131. The molecule has 1 N–H and O–H groups in total. The molecule has 0 aliphatic carbocycles. The lowest BCUT2D eigenvalue weighted by Gasteiger charge is -2.29. The molecule has 1 aliphatic rings. The van der Waals surface area contributed by atoms with Crippen molar-refractivity contribution in [1.29, 1.82) is 0 Å². The van der Waals surface area contributed by atoms with Crippen LogP contribution in [0.4, 0.5) is 0 Å². The smallest absolute Gasteiger partial charge is 0.337 e. The van der Waals surface area contributed by atoms with Gasteiger partial charge in [-0.15, -0.1) is 0 Å². The minimum absolute atomic E-state index is 0.00900. The highest BCUT2D eigenvalue weighted by Crippen LogP contribution is 2.22. The van der Waals surface area contributed by atoms with Gasteiger partial charge in [0.1, 0.15) is 5.75 Å². The van der Waals surface area contributed by atoms with Crippen LogP contribution in [0.2, 0.25) is 0 Å². The maximum absolute atomic E-state index is 12.5. The highest BCUT2D eigenvalue weighted by molar-refractivity contribution is 5.89. The Morgan fingerprint density at radius 3 is 2.75 bits per heavy atom. The average molecular weight is 325 g/mol. The van der Waals surface area contributed by atoms with E-state index in [4.69, 9.17) is 4.74 Å². The van der Waals surface area contributed by atoms with Crippen molar-refractivity contribution in [3.05, 3.63) is 64.7 Å². The molecule has 0 radical (unpaired) electrons. The molecule has 0 fully saturated rings. The van der Waals surface area contributed by atoms with Gasteiger partial charge in [0.2, 0.25) is 5.91 Å². The minimum Gasteiger partial charge on any atom is -0.508 e. The van der Waals surface area contributed by atoms with E-state index in [0.29, 0.717) is 18.7 Å². The number of benzene rings is 2. The Hall–Kier alpha value is -2.82. The number of fused-ring (bicyclic) bond motifs is 1. The lowest BCUT2D eigenvalue weighted by Crippen LogP contribution is -2.37. The summed E-state index contributed by atoms with van der Waals surface area (Å²) in [5, 5.41) is 9.50. The zero-order chi connectivity index (χ0) is 17.1. The van der Waals surface area contributed by atoms with Crippen LogP contribution in [0.15, 0.2) is 42.5 Å². The number of rotatable bonds is 3. The first kappa shape index (κ1) is 16.1. The van der Waals surface area contributed by atoms with Gasteiger partial charge in [-0.3, -0.25) is 4.79 Å². The fourth-order valence-corrected chi connectivity index (χ4v) is 2.97. The molecule has 1 aliphatic heterocycles. The van der Waals surface area contributed by atoms with E-state index in [1.165, 1.54) is 7.11 Å². The molecule has 0 saturated heterocycles. The van der Waals surface area contributed by atoms with Crippen LogP contribution in [0.25, 0.3) is 0 Å². The molecule has 5 nitrogen and oxygen atoms in total. The third-order valence-electron chi connectivity index (χ3n) is 4.26. The van der Waals surface area contributed by atoms with Gasteiger partial charge in [-0.25, -0.2) is 4.79 Å². The summed E-state index contributed by atoms with van der Waals surface area (Å²) in [5.74, 6) is -0.206. The first-order chi connectivity index (χ1) is 11.6. The molecule has 0 spiro atoms. The van der Waals surface area contributed by atoms with Crippen LogP contribution in [0.3, 0.4) is 0 Å². The van der Waals surface area contributed by atoms with Crippen LogP contribution >= 0.6 is 0 Å². The fraction of sp³-hybridized carbons (Fsp3) is 0.263. The van der Waals surface area contributed by atoms with Crippen molar-refractivity contribution in [3.8, 4) is 5.75 Å². The van der Waals surface area contributed by atoms with Crippen LogP contribution < -0.4 is 0 Å². The summed E-state index contributed by atoms with van der Waals surface area (Å²) in [5.41, 5.74) is 3.42. The van der Waals surface area contributed by atoms with Crippen LogP contribution in [-0.4, -0.2) is 35.5 Å². The van der Waals surface area contributed by atoms with E-state index in [1.807, 2.05) is 12.1 Å². The van der Waals surface area contributed by atoms with Crippen molar-refractivity contribution in [2.75, 3.05) is 13.7 Å². The molecule has 0 aromatic heterocycles. The number of nitrogens with zero attached hydrogens (tertiary/aromatic N) is 1. The molecule has 1 amide bonds. The molecule has 0 atom stereocenters. The number of aromatic hydroxyl groups is 1. The van der Waals surface area contributed by atoms with Crippen molar-refractivity contribution in [2.24, 2.45) is 0 Å². The summed E-state index contributed by atoms with van der Waals surface area (Å²) < 4.78 is 4.75. The van der Waals surface area contributed by atoms with Crippen LogP contribution in [0.5, 0.6) is 5.75 Å². The molecule has 2 aromatic rings. The van der Waals surface area contributed by atoms with Crippen molar-refractivity contribution in [3.63, 3.8) is 0 Å². The predicted octanol–water partition coefficient (Wildman–Crippen LogP) is 2.31. The van der Waals surface area contributed by atoms with Gasteiger partial charge in [-0.1, -0.05) is 18.2 Å². The second-order valence-corrected chi connectivity index (χ2v) is 5.89. The van der Waals surface area contributed by atoms with Crippen molar-refractivity contribution in [2.45, 2.75) is 19.4 Å². The summed E-state index contributed by atoms with van der Waals surface area (Å²) in [4.78, 5) is 26.0. The molecular formula is C19H19NO4. The van der Waals surface area contributed by atoms with Crippen LogP contribution in [0, 0.1) is 0 Å². The fourth-order valence-electron chi connectivity index (χ4n) is 2.97. The maximum atomic E-state index is 12.5. The van der Waals surface area contributed by atoms with Gasteiger partial charge in [0.05, 0.1) is 19.1 Å². The Labute approximate surface area is 140 Å². The largest absolute Gasteiger partial charge is 0.508 e. The summed E-state index contributed by atoms with van der Waals surface area (Å²) in [6.07, 6.45) is 1.02. The zero-order valence-electron chi connectivity index (χ0n) is 13.5. The van der Waals surface area contributed by atoms with Crippen molar-refractivity contribution >= 4 is 11.9 Å². The van der Waals surface area contributed by atoms with E-state index in [-0.39, 0.29) is 24.0 Å². The quantitative estimate of drug-likeness (QED) is 0.880. The summed E-state index contributed by atoms with van der Waals surface area (Å²) in [6, 6.07) is 12.2. The third-order valence-corrected chi connectivity index (χ3v) is 4.26. The Bertz CT molecular complexity index is 785. The molecule has 0 bridgehead atoms. The normalized spacial score (nSPS) is 13.3. The Balaban J connectivity index is 1.74. The molecule has 1 heterocycles. The van der Waals surface area contributed by atoms with Crippen molar-refractivity contribution in [1.82, 2.24) is 4.90 Å². The van der Waals surface area contributed by atoms with E-state index in [1.54, 1.807) is 35.2 Å².